The van der Waals surface area contributed by atoms with Crippen molar-refractivity contribution in [3.05, 3.63) is 54.6 Å². The zero-order valence-corrected chi connectivity index (χ0v) is 11.2. The zero-order valence-electron chi connectivity index (χ0n) is 11.2. The number of nitrogens with zero attached hydrogens (tertiary/aromatic N) is 4. The normalized spacial score (nSPS) is 10.7. The molecule has 3 aromatic rings. The highest BCUT2D eigenvalue weighted by molar-refractivity contribution is 5.61. The zero-order chi connectivity index (χ0) is 13.9. The van der Waals surface area contributed by atoms with Gasteiger partial charge in [0.2, 0.25) is 0 Å². The quantitative estimate of drug-likeness (QED) is 0.789. The first-order valence-corrected chi connectivity index (χ1v) is 6.50. The minimum Gasteiger partial charge on any atom is -0.384 e. The van der Waals surface area contributed by atoms with Crippen LogP contribution in [0.2, 0.25) is 0 Å². The average molecular weight is 265 g/mol. The fraction of sp³-hybridized carbons (Fsp3) is 0.133. The molecular weight excluding hydrogens is 250 g/mol. The van der Waals surface area contributed by atoms with Gasteiger partial charge in [0.25, 0.3) is 0 Å². The average Bonchev–Trinajstić information content (AvgIpc) is 2.97. The van der Waals surface area contributed by atoms with Crippen molar-refractivity contribution in [1.29, 1.82) is 0 Å². The van der Waals surface area contributed by atoms with Crippen LogP contribution < -0.4 is 5.73 Å². The Bertz CT molecular complexity index is 718. The molecule has 5 nitrogen and oxygen atoms in total. The van der Waals surface area contributed by atoms with Gasteiger partial charge in [-0.1, -0.05) is 37.3 Å². The second-order valence-corrected chi connectivity index (χ2v) is 4.46. The maximum atomic E-state index is 5.80. The monoisotopic (exact) mass is 265 g/mol. The van der Waals surface area contributed by atoms with E-state index < -0.39 is 0 Å². The molecule has 0 atom stereocenters. The van der Waals surface area contributed by atoms with Crippen molar-refractivity contribution in [3.8, 4) is 16.9 Å². The third-order valence-electron chi connectivity index (χ3n) is 3.02. The lowest BCUT2D eigenvalue weighted by Crippen LogP contribution is -2.05. The van der Waals surface area contributed by atoms with Crippen LogP contribution in [0, 0.1) is 0 Å². The highest BCUT2D eigenvalue weighted by atomic mass is 15.3. The third kappa shape index (κ3) is 2.38. The number of nitrogens with two attached hydrogens (primary N) is 1. The molecule has 1 aromatic carbocycles. The molecule has 0 saturated heterocycles. The maximum absolute atomic E-state index is 5.80. The van der Waals surface area contributed by atoms with Crippen LogP contribution in [0.1, 0.15) is 12.7 Å². The highest BCUT2D eigenvalue weighted by Gasteiger charge is 2.06. The Morgan fingerprint density at radius 1 is 1.10 bits per heavy atom. The van der Waals surface area contributed by atoms with Crippen molar-refractivity contribution >= 4 is 5.82 Å². The van der Waals surface area contributed by atoms with Gasteiger partial charge in [0.15, 0.2) is 5.82 Å². The second kappa shape index (κ2) is 5.13. The summed E-state index contributed by atoms with van der Waals surface area (Å²) in [6, 6.07) is 11.8. The fourth-order valence-corrected chi connectivity index (χ4v) is 2.01. The topological polar surface area (TPSA) is 69.6 Å². The number of nitrogen functional groups attached to an aromatic ring is 1. The summed E-state index contributed by atoms with van der Waals surface area (Å²) in [4.78, 5) is 8.61. The predicted molar refractivity (Wildman–Crippen MR) is 78.4 cm³/mol. The SMILES string of the molecule is CCc1nc(N)cc(-n2cc(-c3ccccc3)cn2)n1. The van der Waals surface area contributed by atoms with Gasteiger partial charge in [-0.3, -0.25) is 0 Å². The first kappa shape index (κ1) is 12.3. The molecule has 0 saturated carbocycles. The highest BCUT2D eigenvalue weighted by Crippen LogP contribution is 2.19. The third-order valence-corrected chi connectivity index (χ3v) is 3.02. The van der Waals surface area contributed by atoms with E-state index in [4.69, 9.17) is 5.73 Å². The molecule has 2 heterocycles. The number of hydrogen-bond acceptors (Lipinski definition) is 4. The van der Waals surface area contributed by atoms with Crippen LogP contribution in [0.5, 0.6) is 0 Å². The van der Waals surface area contributed by atoms with E-state index in [0.717, 1.165) is 23.4 Å². The number of aryl methyl sites for hydroxylation is 1. The van der Waals surface area contributed by atoms with Crippen LogP contribution in [0.15, 0.2) is 48.8 Å². The van der Waals surface area contributed by atoms with Crippen LogP contribution in [-0.2, 0) is 6.42 Å². The molecule has 0 fully saturated rings. The van der Waals surface area contributed by atoms with Gasteiger partial charge in [-0.15, -0.1) is 0 Å². The molecule has 0 bridgehead atoms. The molecule has 0 aliphatic heterocycles. The van der Waals surface area contributed by atoms with Crippen molar-refractivity contribution in [2.24, 2.45) is 0 Å². The maximum Gasteiger partial charge on any atom is 0.159 e. The number of benzene rings is 1. The summed E-state index contributed by atoms with van der Waals surface area (Å²) in [5.74, 6) is 1.87. The van der Waals surface area contributed by atoms with E-state index in [-0.39, 0.29) is 0 Å². The number of aromatic nitrogens is 4. The number of anilines is 1. The van der Waals surface area contributed by atoms with Crippen molar-refractivity contribution in [3.63, 3.8) is 0 Å². The Balaban J connectivity index is 2.00. The van der Waals surface area contributed by atoms with Gasteiger partial charge in [0.05, 0.1) is 6.20 Å². The van der Waals surface area contributed by atoms with E-state index in [2.05, 4.69) is 15.1 Å². The molecule has 0 radical (unpaired) electrons. The fourth-order valence-electron chi connectivity index (χ4n) is 2.01. The van der Waals surface area contributed by atoms with Crippen LogP contribution in [0.3, 0.4) is 0 Å². The minimum atomic E-state index is 0.462. The Labute approximate surface area is 117 Å². The Morgan fingerprint density at radius 3 is 2.65 bits per heavy atom. The van der Waals surface area contributed by atoms with E-state index in [1.807, 2.05) is 49.6 Å². The van der Waals surface area contributed by atoms with Gasteiger partial charge in [-0.2, -0.15) is 5.10 Å². The molecular formula is C15H15N5. The van der Waals surface area contributed by atoms with Crippen molar-refractivity contribution < 1.29 is 0 Å². The van der Waals surface area contributed by atoms with Crippen LogP contribution in [-0.4, -0.2) is 19.7 Å². The molecule has 0 aliphatic carbocycles. The van der Waals surface area contributed by atoms with Crippen molar-refractivity contribution in [2.45, 2.75) is 13.3 Å². The molecule has 2 aromatic heterocycles. The lowest BCUT2D eigenvalue weighted by molar-refractivity contribution is 0.815. The van der Waals surface area contributed by atoms with Gasteiger partial charge in [0.1, 0.15) is 11.6 Å². The number of rotatable bonds is 3. The number of hydrogen-bond donors (Lipinski definition) is 1. The standard InChI is InChI=1S/C15H15N5/c1-2-14-18-13(16)8-15(19-14)20-10-12(9-17-20)11-6-4-3-5-7-11/h3-10H,2H2,1H3,(H2,16,18,19). The largest absolute Gasteiger partial charge is 0.384 e. The van der Waals surface area contributed by atoms with Gasteiger partial charge in [-0.25, -0.2) is 14.6 Å². The van der Waals surface area contributed by atoms with Gasteiger partial charge in [0, 0.05) is 24.2 Å². The summed E-state index contributed by atoms with van der Waals surface area (Å²) in [5, 5.41) is 4.35. The van der Waals surface area contributed by atoms with E-state index >= 15 is 0 Å². The molecule has 100 valence electrons. The summed E-state index contributed by atoms with van der Waals surface area (Å²) in [6.07, 6.45) is 4.50. The van der Waals surface area contributed by atoms with Crippen molar-refractivity contribution in [2.75, 3.05) is 5.73 Å². The van der Waals surface area contributed by atoms with Crippen LogP contribution in [0.25, 0.3) is 16.9 Å². The van der Waals surface area contributed by atoms with E-state index in [1.165, 1.54) is 0 Å². The van der Waals surface area contributed by atoms with E-state index in [1.54, 1.807) is 10.7 Å². The Hall–Kier alpha value is -2.69. The minimum absolute atomic E-state index is 0.462. The van der Waals surface area contributed by atoms with Gasteiger partial charge < -0.3 is 5.73 Å². The molecule has 0 spiro atoms. The molecule has 3 rings (SSSR count). The van der Waals surface area contributed by atoms with Gasteiger partial charge >= 0.3 is 0 Å². The molecule has 5 heteroatoms. The summed E-state index contributed by atoms with van der Waals surface area (Å²) in [7, 11) is 0. The van der Waals surface area contributed by atoms with E-state index in [9.17, 15) is 0 Å². The summed E-state index contributed by atoms with van der Waals surface area (Å²) in [6.45, 7) is 2.00. The first-order valence-electron chi connectivity index (χ1n) is 6.50. The molecule has 0 amide bonds. The smallest absolute Gasteiger partial charge is 0.159 e. The lowest BCUT2D eigenvalue weighted by atomic mass is 10.1. The predicted octanol–water partition coefficient (Wildman–Crippen LogP) is 2.47. The molecule has 20 heavy (non-hydrogen) atoms. The lowest BCUT2D eigenvalue weighted by Gasteiger charge is -2.04. The Kier molecular flexibility index (Phi) is 3.16. The molecule has 2 N–H and O–H groups in total. The second-order valence-electron chi connectivity index (χ2n) is 4.46. The first-order chi connectivity index (χ1) is 9.76. The van der Waals surface area contributed by atoms with E-state index in [0.29, 0.717) is 11.6 Å². The van der Waals surface area contributed by atoms with Crippen LogP contribution >= 0.6 is 0 Å². The molecule has 0 aliphatic rings. The van der Waals surface area contributed by atoms with Crippen molar-refractivity contribution in [1.82, 2.24) is 19.7 Å². The van der Waals surface area contributed by atoms with Crippen LogP contribution in [0.4, 0.5) is 5.82 Å². The van der Waals surface area contributed by atoms with Gasteiger partial charge in [-0.05, 0) is 5.56 Å². The summed E-state index contributed by atoms with van der Waals surface area (Å²) >= 11 is 0. The Morgan fingerprint density at radius 2 is 1.90 bits per heavy atom. The molecule has 0 unspecified atom stereocenters. The summed E-state index contributed by atoms with van der Waals surface area (Å²) < 4.78 is 1.72. The summed E-state index contributed by atoms with van der Waals surface area (Å²) in [5.41, 5.74) is 7.96.